The fourth-order valence-electron chi connectivity index (χ4n) is 2.11. The lowest BCUT2D eigenvalue weighted by atomic mass is 10.2. The van der Waals surface area contributed by atoms with Gasteiger partial charge in [0.05, 0.1) is 15.5 Å². The van der Waals surface area contributed by atoms with Gasteiger partial charge in [0.1, 0.15) is 0 Å². The number of rotatable bonds is 6. The first-order valence-electron chi connectivity index (χ1n) is 7.15. The quantitative estimate of drug-likeness (QED) is 0.621. The van der Waals surface area contributed by atoms with Crippen LogP contribution in [0.5, 0.6) is 5.75 Å². The molecule has 132 valence electrons. The van der Waals surface area contributed by atoms with E-state index < -0.39 is 27.3 Å². The highest BCUT2D eigenvalue weighted by Gasteiger charge is 2.18. The third-order valence-electron chi connectivity index (χ3n) is 3.23. The molecule has 0 saturated heterocycles. The monoisotopic (exact) mass is 364 g/mol. The smallest absolute Gasteiger partial charge is 0.311 e. The molecule has 2 aromatic rings. The summed E-state index contributed by atoms with van der Waals surface area (Å²) >= 11 is 0. The van der Waals surface area contributed by atoms with E-state index in [-0.39, 0.29) is 22.0 Å². The average Bonchev–Trinajstić information content (AvgIpc) is 2.53. The molecule has 1 amide bonds. The normalized spacial score (nSPS) is 11.0. The van der Waals surface area contributed by atoms with Crippen molar-refractivity contribution >= 4 is 27.1 Å². The van der Waals surface area contributed by atoms with Crippen molar-refractivity contribution in [3.63, 3.8) is 0 Å². The van der Waals surface area contributed by atoms with Gasteiger partial charge in [-0.1, -0.05) is 18.2 Å². The number of hydrogen-bond donors (Lipinski definition) is 1. The predicted molar refractivity (Wildman–Crippen MR) is 91.5 cm³/mol. The Morgan fingerprint density at radius 2 is 1.92 bits per heavy atom. The van der Waals surface area contributed by atoms with Crippen LogP contribution < -0.4 is 10.1 Å². The molecule has 0 aromatic heterocycles. The number of amides is 1. The van der Waals surface area contributed by atoms with Gasteiger partial charge in [-0.25, -0.2) is 8.42 Å². The van der Waals surface area contributed by atoms with Crippen LogP contribution in [0.25, 0.3) is 0 Å². The molecule has 1 N–H and O–H groups in total. The summed E-state index contributed by atoms with van der Waals surface area (Å²) in [5, 5.41) is 13.5. The highest BCUT2D eigenvalue weighted by atomic mass is 32.2. The lowest BCUT2D eigenvalue weighted by Crippen LogP contribution is -2.21. The van der Waals surface area contributed by atoms with Gasteiger partial charge in [-0.15, -0.1) is 0 Å². The number of benzene rings is 2. The Morgan fingerprint density at radius 3 is 2.56 bits per heavy atom. The van der Waals surface area contributed by atoms with E-state index in [0.29, 0.717) is 5.56 Å². The van der Waals surface area contributed by atoms with Crippen molar-refractivity contribution in [3.05, 3.63) is 58.1 Å². The summed E-state index contributed by atoms with van der Waals surface area (Å²) in [4.78, 5) is 22.4. The fourth-order valence-corrected chi connectivity index (χ4v) is 2.96. The molecular formula is C16H16N2O6S. The first kappa shape index (κ1) is 18.4. The maximum absolute atomic E-state index is 12.0. The zero-order valence-electron chi connectivity index (χ0n) is 13.6. The fraction of sp³-hybridized carbons (Fsp3) is 0.188. The van der Waals surface area contributed by atoms with Gasteiger partial charge in [-0.3, -0.25) is 14.9 Å². The molecule has 0 aliphatic carbocycles. The summed E-state index contributed by atoms with van der Waals surface area (Å²) in [5.41, 5.74) is 0.562. The molecule has 8 nitrogen and oxygen atoms in total. The molecule has 0 fully saturated rings. The maximum atomic E-state index is 12.0. The van der Waals surface area contributed by atoms with E-state index in [2.05, 4.69) is 5.32 Å². The van der Waals surface area contributed by atoms with E-state index in [1.54, 1.807) is 19.1 Å². The Balaban J connectivity index is 2.12. The van der Waals surface area contributed by atoms with Gasteiger partial charge in [-0.05, 0) is 30.7 Å². The van der Waals surface area contributed by atoms with Gasteiger partial charge in [0, 0.05) is 12.3 Å². The minimum absolute atomic E-state index is 0.0235. The number of nitrogens with one attached hydrogen (secondary N) is 1. The molecule has 2 rings (SSSR count). The summed E-state index contributed by atoms with van der Waals surface area (Å²) in [5.74, 6) is -0.673. The lowest BCUT2D eigenvalue weighted by Gasteiger charge is -2.11. The van der Waals surface area contributed by atoms with Crippen LogP contribution in [-0.2, 0) is 14.6 Å². The van der Waals surface area contributed by atoms with Crippen molar-refractivity contribution in [2.45, 2.75) is 11.8 Å². The number of nitro benzene ring substituents is 1. The van der Waals surface area contributed by atoms with E-state index in [1.807, 2.05) is 0 Å². The highest BCUT2D eigenvalue weighted by Crippen LogP contribution is 2.27. The Morgan fingerprint density at radius 1 is 1.24 bits per heavy atom. The van der Waals surface area contributed by atoms with E-state index in [9.17, 15) is 23.3 Å². The van der Waals surface area contributed by atoms with Gasteiger partial charge in [0.25, 0.3) is 5.91 Å². The zero-order chi connectivity index (χ0) is 18.6. The zero-order valence-corrected chi connectivity index (χ0v) is 14.4. The number of aryl methyl sites for hydroxylation is 1. The number of sulfone groups is 1. The first-order valence-corrected chi connectivity index (χ1v) is 9.04. The Kier molecular flexibility index (Phi) is 5.38. The minimum atomic E-state index is -3.51. The van der Waals surface area contributed by atoms with Gasteiger partial charge in [0.2, 0.25) is 0 Å². The molecule has 0 bridgehead atoms. The maximum Gasteiger partial charge on any atom is 0.311 e. The molecule has 9 heteroatoms. The molecule has 0 radical (unpaired) electrons. The SMILES string of the molecule is Cc1ccc(OCC(=O)Nc2ccccc2S(C)(=O)=O)c([N+](=O)[O-])c1. The van der Waals surface area contributed by atoms with Crippen molar-refractivity contribution in [1.82, 2.24) is 0 Å². The Labute approximate surface area is 144 Å². The van der Waals surface area contributed by atoms with Crippen LogP contribution in [0.2, 0.25) is 0 Å². The van der Waals surface area contributed by atoms with E-state index in [0.717, 1.165) is 6.26 Å². The summed E-state index contributed by atoms with van der Waals surface area (Å²) in [6.45, 7) is 1.20. The van der Waals surface area contributed by atoms with Gasteiger partial charge < -0.3 is 10.1 Å². The topological polar surface area (TPSA) is 116 Å². The largest absolute Gasteiger partial charge is 0.477 e. The number of carbonyl (C=O) groups is 1. The second-order valence-electron chi connectivity index (χ2n) is 5.33. The molecule has 0 atom stereocenters. The van der Waals surface area contributed by atoms with Gasteiger partial charge >= 0.3 is 5.69 Å². The molecule has 0 spiro atoms. The number of hydrogen-bond acceptors (Lipinski definition) is 6. The number of nitro groups is 1. The van der Waals surface area contributed by atoms with Crippen molar-refractivity contribution in [3.8, 4) is 5.75 Å². The van der Waals surface area contributed by atoms with Crippen molar-refractivity contribution in [2.24, 2.45) is 0 Å². The Bertz CT molecular complexity index is 924. The van der Waals surface area contributed by atoms with Crippen LogP contribution in [-0.4, -0.2) is 32.1 Å². The molecule has 0 unspecified atom stereocenters. The van der Waals surface area contributed by atoms with Crippen LogP contribution in [0, 0.1) is 17.0 Å². The van der Waals surface area contributed by atoms with Crippen molar-refractivity contribution in [1.29, 1.82) is 0 Å². The standard InChI is InChI=1S/C16H16N2O6S/c1-11-7-8-14(13(9-11)18(20)21)24-10-16(19)17-12-5-3-4-6-15(12)25(2,22)23/h3-9H,10H2,1-2H3,(H,17,19). The number of ether oxygens (including phenoxy) is 1. The second-order valence-corrected chi connectivity index (χ2v) is 7.32. The average molecular weight is 364 g/mol. The van der Waals surface area contributed by atoms with E-state index in [1.165, 1.54) is 30.3 Å². The van der Waals surface area contributed by atoms with E-state index in [4.69, 9.17) is 4.74 Å². The van der Waals surface area contributed by atoms with Crippen molar-refractivity contribution < 1.29 is 22.9 Å². The van der Waals surface area contributed by atoms with Crippen LogP contribution >= 0.6 is 0 Å². The Hall–Kier alpha value is -2.94. The van der Waals surface area contributed by atoms with Crippen LogP contribution in [0.3, 0.4) is 0 Å². The van der Waals surface area contributed by atoms with Gasteiger partial charge in [0.15, 0.2) is 22.2 Å². The molecule has 0 heterocycles. The summed E-state index contributed by atoms with van der Waals surface area (Å²) in [7, 11) is -3.51. The first-order chi connectivity index (χ1) is 11.7. The molecule has 0 aliphatic heterocycles. The van der Waals surface area contributed by atoms with Crippen LogP contribution in [0.15, 0.2) is 47.4 Å². The van der Waals surface area contributed by atoms with Crippen LogP contribution in [0.4, 0.5) is 11.4 Å². The molecule has 2 aromatic carbocycles. The molecular weight excluding hydrogens is 348 g/mol. The summed E-state index contributed by atoms with van der Waals surface area (Å²) in [6.07, 6.45) is 1.03. The second kappa shape index (κ2) is 7.31. The lowest BCUT2D eigenvalue weighted by molar-refractivity contribution is -0.385. The molecule has 0 saturated carbocycles. The van der Waals surface area contributed by atoms with Crippen molar-refractivity contribution in [2.75, 3.05) is 18.2 Å². The van der Waals surface area contributed by atoms with Crippen LogP contribution in [0.1, 0.15) is 5.56 Å². The third-order valence-corrected chi connectivity index (χ3v) is 4.39. The molecule has 0 aliphatic rings. The van der Waals surface area contributed by atoms with Gasteiger partial charge in [-0.2, -0.15) is 0 Å². The summed E-state index contributed by atoms with van der Waals surface area (Å²) < 4.78 is 28.6. The number of para-hydroxylation sites is 1. The third kappa shape index (κ3) is 4.77. The highest BCUT2D eigenvalue weighted by molar-refractivity contribution is 7.90. The molecule has 25 heavy (non-hydrogen) atoms. The summed E-state index contributed by atoms with van der Waals surface area (Å²) in [6, 6.07) is 10.3. The number of nitrogens with zero attached hydrogens (tertiary/aromatic N) is 1. The number of carbonyl (C=O) groups excluding carboxylic acids is 1. The minimum Gasteiger partial charge on any atom is -0.477 e. The number of anilines is 1. The predicted octanol–water partition coefficient (Wildman–Crippen LogP) is 2.32. The van der Waals surface area contributed by atoms with E-state index >= 15 is 0 Å².